The summed E-state index contributed by atoms with van der Waals surface area (Å²) in [6.07, 6.45) is 0. The lowest BCUT2D eigenvalue weighted by molar-refractivity contribution is 0.113. The summed E-state index contributed by atoms with van der Waals surface area (Å²) in [5, 5.41) is 0. The summed E-state index contributed by atoms with van der Waals surface area (Å²) < 4.78 is 0. The number of hydrogen-bond donors (Lipinski definition) is 0. The van der Waals surface area contributed by atoms with E-state index in [0.29, 0.717) is 5.92 Å². The molecule has 1 heterocycles. The van der Waals surface area contributed by atoms with E-state index in [-0.39, 0.29) is 5.54 Å². The van der Waals surface area contributed by atoms with Crippen molar-refractivity contribution in [3.8, 4) is 0 Å². The summed E-state index contributed by atoms with van der Waals surface area (Å²) in [7, 11) is 6.46. The van der Waals surface area contributed by atoms with E-state index in [1.807, 2.05) is 0 Å². The molecule has 1 aliphatic heterocycles. The molecule has 116 valence electrons. The van der Waals surface area contributed by atoms with Gasteiger partial charge >= 0.3 is 0 Å². The van der Waals surface area contributed by atoms with E-state index < -0.39 is 0 Å². The van der Waals surface area contributed by atoms with Gasteiger partial charge in [-0.25, -0.2) is 0 Å². The van der Waals surface area contributed by atoms with Crippen molar-refractivity contribution in [2.45, 2.75) is 31.8 Å². The van der Waals surface area contributed by atoms with Crippen molar-refractivity contribution >= 4 is 5.69 Å². The van der Waals surface area contributed by atoms with Crippen LogP contribution in [0.5, 0.6) is 0 Å². The van der Waals surface area contributed by atoms with Gasteiger partial charge in [-0.2, -0.15) is 0 Å². The number of likely N-dealkylation sites (N-methyl/N-ethyl adjacent to an activating group) is 1. The van der Waals surface area contributed by atoms with Gasteiger partial charge in [0, 0.05) is 37.8 Å². The largest absolute Gasteiger partial charge is 0.378 e. The Kier molecular flexibility index (Phi) is 3.73. The Morgan fingerprint density at radius 1 is 1.05 bits per heavy atom. The minimum absolute atomic E-state index is 0.0965. The smallest absolute Gasteiger partial charge is 0.0364 e. The maximum atomic E-state index is 2.47. The van der Waals surface area contributed by atoms with Gasteiger partial charge in [0.2, 0.25) is 0 Å². The summed E-state index contributed by atoms with van der Waals surface area (Å²) in [6, 6.07) is 17.8. The first-order valence-corrected chi connectivity index (χ1v) is 7.97. The average molecular weight is 294 g/mol. The van der Waals surface area contributed by atoms with Crippen molar-refractivity contribution in [3.05, 3.63) is 65.2 Å². The van der Waals surface area contributed by atoms with Crippen LogP contribution in [0.3, 0.4) is 0 Å². The van der Waals surface area contributed by atoms with Crippen molar-refractivity contribution < 1.29 is 0 Å². The fourth-order valence-corrected chi connectivity index (χ4v) is 3.57. The number of fused-ring (bicyclic) bond motifs is 1. The summed E-state index contributed by atoms with van der Waals surface area (Å²) in [5.74, 6) is 0.391. The first-order chi connectivity index (χ1) is 10.4. The second kappa shape index (κ2) is 5.44. The van der Waals surface area contributed by atoms with E-state index in [1.54, 1.807) is 0 Å². The highest BCUT2D eigenvalue weighted by molar-refractivity contribution is 5.54. The number of nitrogens with zero attached hydrogens (tertiary/aromatic N) is 2. The molecule has 1 aliphatic rings. The second-order valence-corrected chi connectivity index (χ2v) is 7.13. The maximum Gasteiger partial charge on any atom is 0.0364 e. The molecular weight excluding hydrogens is 268 g/mol. The molecule has 0 saturated heterocycles. The summed E-state index contributed by atoms with van der Waals surface area (Å²) in [6.45, 7) is 5.73. The summed E-state index contributed by atoms with van der Waals surface area (Å²) >= 11 is 0. The molecule has 2 nitrogen and oxygen atoms in total. The van der Waals surface area contributed by atoms with Gasteiger partial charge in [0.1, 0.15) is 0 Å². The molecule has 0 radical (unpaired) electrons. The number of anilines is 1. The van der Waals surface area contributed by atoms with Crippen molar-refractivity contribution in [1.29, 1.82) is 0 Å². The summed E-state index contributed by atoms with van der Waals surface area (Å²) in [4.78, 5) is 4.66. The third-order valence-electron chi connectivity index (χ3n) is 5.19. The average Bonchev–Trinajstić information content (AvgIpc) is 2.48. The van der Waals surface area contributed by atoms with Crippen LogP contribution in [0.2, 0.25) is 0 Å². The Labute approximate surface area is 134 Å². The van der Waals surface area contributed by atoms with E-state index in [0.717, 1.165) is 6.54 Å². The third-order valence-corrected chi connectivity index (χ3v) is 5.19. The molecule has 0 bridgehead atoms. The van der Waals surface area contributed by atoms with Crippen LogP contribution in [0.1, 0.15) is 36.5 Å². The van der Waals surface area contributed by atoms with Gasteiger partial charge in [0.25, 0.3) is 0 Å². The predicted molar refractivity (Wildman–Crippen MR) is 94.6 cm³/mol. The van der Waals surface area contributed by atoms with Crippen molar-refractivity contribution in [3.63, 3.8) is 0 Å². The number of rotatable bonds is 2. The normalized spacial score (nSPS) is 20.5. The van der Waals surface area contributed by atoms with Crippen LogP contribution in [0.25, 0.3) is 0 Å². The van der Waals surface area contributed by atoms with Gasteiger partial charge in [0.15, 0.2) is 0 Å². The fraction of sp³-hybridized carbons (Fsp3) is 0.400. The molecule has 0 saturated carbocycles. The zero-order valence-corrected chi connectivity index (χ0v) is 14.3. The molecule has 3 rings (SSSR count). The Bertz CT molecular complexity index is 659. The van der Waals surface area contributed by atoms with E-state index in [1.165, 1.54) is 22.4 Å². The van der Waals surface area contributed by atoms with Gasteiger partial charge in [-0.1, -0.05) is 36.4 Å². The second-order valence-electron chi connectivity index (χ2n) is 7.13. The van der Waals surface area contributed by atoms with Crippen LogP contribution in [0.15, 0.2) is 48.5 Å². The lowest BCUT2D eigenvalue weighted by atomic mass is 9.72. The molecule has 1 atom stereocenters. The minimum atomic E-state index is 0.0965. The Morgan fingerprint density at radius 3 is 2.36 bits per heavy atom. The first-order valence-electron chi connectivity index (χ1n) is 7.97. The van der Waals surface area contributed by atoms with Crippen molar-refractivity contribution in [1.82, 2.24) is 4.90 Å². The maximum absolute atomic E-state index is 2.47. The van der Waals surface area contributed by atoms with Crippen LogP contribution in [-0.4, -0.2) is 31.6 Å². The molecule has 1 unspecified atom stereocenters. The molecule has 0 aromatic heterocycles. The van der Waals surface area contributed by atoms with Crippen LogP contribution in [0.4, 0.5) is 5.69 Å². The number of hydrogen-bond acceptors (Lipinski definition) is 2. The summed E-state index contributed by atoms with van der Waals surface area (Å²) in [5.41, 5.74) is 5.69. The molecular formula is C20H26N2. The Morgan fingerprint density at radius 2 is 1.73 bits per heavy atom. The molecule has 0 fully saturated rings. The van der Waals surface area contributed by atoms with Gasteiger partial charge in [-0.3, -0.25) is 4.90 Å². The van der Waals surface area contributed by atoms with E-state index >= 15 is 0 Å². The van der Waals surface area contributed by atoms with Crippen LogP contribution in [-0.2, 0) is 6.54 Å². The first kappa shape index (κ1) is 15.1. The minimum Gasteiger partial charge on any atom is -0.378 e. The van der Waals surface area contributed by atoms with E-state index in [9.17, 15) is 0 Å². The van der Waals surface area contributed by atoms with Crippen LogP contribution >= 0.6 is 0 Å². The Balaban J connectivity index is 2.20. The highest BCUT2D eigenvalue weighted by Crippen LogP contribution is 2.44. The van der Waals surface area contributed by atoms with Crippen LogP contribution in [0, 0.1) is 0 Å². The lowest BCUT2D eigenvalue weighted by Gasteiger charge is -2.47. The molecule has 2 aromatic rings. The molecule has 0 N–H and O–H groups in total. The molecule has 0 amide bonds. The van der Waals surface area contributed by atoms with E-state index in [2.05, 4.69) is 93.3 Å². The molecule has 2 heteroatoms. The Hall–Kier alpha value is -1.80. The van der Waals surface area contributed by atoms with Gasteiger partial charge < -0.3 is 4.90 Å². The van der Waals surface area contributed by atoms with E-state index in [4.69, 9.17) is 0 Å². The van der Waals surface area contributed by atoms with Gasteiger partial charge in [-0.15, -0.1) is 0 Å². The van der Waals surface area contributed by atoms with Gasteiger partial charge in [0.05, 0.1) is 0 Å². The quantitative estimate of drug-likeness (QED) is 0.822. The molecule has 0 aliphatic carbocycles. The predicted octanol–water partition coefficient (Wildman–Crippen LogP) is 4.11. The third kappa shape index (κ3) is 2.42. The van der Waals surface area contributed by atoms with Crippen molar-refractivity contribution in [2.75, 3.05) is 26.0 Å². The zero-order chi connectivity index (χ0) is 15.9. The number of benzene rings is 2. The van der Waals surface area contributed by atoms with Gasteiger partial charge in [-0.05, 0) is 49.7 Å². The molecule has 0 spiro atoms. The molecule has 2 aromatic carbocycles. The lowest BCUT2D eigenvalue weighted by Crippen LogP contribution is -2.49. The van der Waals surface area contributed by atoms with Crippen molar-refractivity contribution in [2.24, 2.45) is 0 Å². The standard InChI is InChI=1S/C20H26N2/c1-20(2)19(15-9-7-6-8-10-15)18-13-17(21(3)4)12-11-16(18)14-22(20)5/h6-13,19H,14H2,1-5H3. The zero-order valence-electron chi connectivity index (χ0n) is 14.3. The highest BCUT2D eigenvalue weighted by atomic mass is 15.2. The fourth-order valence-electron chi connectivity index (χ4n) is 3.57. The topological polar surface area (TPSA) is 6.48 Å². The molecule has 22 heavy (non-hydrogen) atoms. The highest BCUT2D eigenvalue weighted by Gasteiger charge is 2.40. The van der Waals surface area contributed by atoms with Crippen LogP contribution < -0.4 is 4.90 Å². The SMILES string of the molecule is CN(C)c1ccc2c(c1)C(c1ccccc1)C(C)(C)N(C)C2. The monoisotopic (exact) mass is 294 g/mol.